The molecule has 2 rings (SSSR count). The van der Waals surface area contributed by atoms with E-state index in [1.54, 1.807) is 36.4 Å². The lowest BCUT2D eigenvalue weighted by Crippen LogP contribution is -2.29. The number of benzene rings is 2. The van der Waals surface area contributed by atoms with E-state index in [9.17, 15) is 13.2 Å². The van der Waals surface area contributed by atoms with Crippen LogP contribution in [0.3, 0.4) is 0 Å². The number of halogens is 1. The van der Waals surface area contributed by atoms with Gasteiger partial charge in [-0.05, 0) is 36.8 Å². The van der Waals surface area contributed by atoms with Gasteiger partial charge in [-0.15, -0.1) is 0 Å². The fraction of sp³-hybridized carbons (Fsp3) is 0.188. The Morgan fingerprint density at radius 3 is 2.50 bits per heavy atom. The van der Waals surface area contributed by atoms with Gasteiger partial charge in [0.1, 0.15) is 0 Å². The second kappa shape index (κ2) is 7.65. The number of rotatable bonds is 6. The van der Waals surface area contributed by atoms with E-state index in [1.807, 2.05) is 13.0 Å². The summed E-state index contributed by atoms with van der Waals surface area (Å²) in [7, 11) is -4.12. The number of amides is 1. The van der Waals surface area contributed by atoms with Crippen molar-refractivity contribution in [2.24, 2.45) is 0 Å². The molecule has 0 aliphatic carbocycles. The van der Waals surface area contributed by atoms with Gasteiger partial charge in [0.2, 0.25) is 0 Å². The third-order valence-corrected chi connectivity index (χ3v) is 4.48. The first kappa shape index (κ1) is 18.3. The van der Waals surface area contributed by atoms with Crippen LogP contribution in [-0.2, 0) is 10.1 Å². The van der Waals surface area contributed by atoms with Gasteiger partial charge in [0, 0.05) is 17.3 Å². The average Bonchev–Trinajstić information content (AvgIpc) is 2.51. The monoisotopic (exact) mass is 368 g/mol. The topological polar surface area (TPSA) is 95.5 Å². The van der Waals surface area contributed by atoms with Crippen LogP contribution in [0.15, 0.2) is 42.5 Å². The number of carbonyl (C=O) groups is 1. The van der Waals surface area contributed by atoms with Crippen molar-refractivity contribution in [1.82, 2.24) is 5.32 Å². The van der Waals surface area contributed by atoms with Crippen molar-refractivity contribution in [3.05, 3.63) is 58.6 Å². The van der Waals surface area contributed by atoms with Crippen molar-refractivity contribution in [2.75, 3.05) is 17.6 Å². The third kappa shape index (κ3) is 4.95. The summed E-state index contributed by atoms with van der Waals surface area (Å²) < 4.78 is 30.1. The van der Waals surface area contributed by atoms with Gasteiger partial charge in [-0.1, -0.05) is 29.8 Å². The van der Waals surface area contributed by atoms with Crippen LogP contribution in [0.4, 0.5) is 11.4 Å². The summed E-state index contributed by atoms with van der Waals surface area (Å²) in [5.74, 6) is -0.983. The molecule has 0 aromatic heterocycles. The first-order valence-corrected chi connectivity index (χ1v) is 9.11. The minimum Gasteiger partial charge on any atom is -0.355 e. The SMILES string of the molecule is Cc1c(Cl)cccc1Nc1ccccc1C(=O)NCCS(=O)(=O)O. The Labute approximate surface area is 145 Å². The highest BCUT2D eigenvalue weighted by atomic mass is 35.5. The zero-order valence-electron chi connectivity index (χ0n) is 12.9. The van der Waals surface area contributed by atoms with Crippen LogP contribution in [-0.4, -0.2) is 31.2 Å². The van der Waals surface area contributed by atoms with E-state index in [2.05, 4.69) is 10.6 Å². The molecule has 6 nitrogen and oxygen atoms in total. The van der Waals surface area contributed by atoms with Crippen molar-refractivity contribution >= 4 is 39.0 Å². The molecule has 0 unspecified atom stereocenters. The summed E-state index contributed by atoms with van der Waals surface area (Å²) >= 11 is 6.09. The number of carbonyl (C=O) groups excluding carboxylic acids is 1. The van der Waals surface area contributed by atoms with Crippen LogP contribution in [0.2, 0.25) is 5.02 Å². The molecule has 1 amide bonds. The Hall–Kier alpha value is -2.09. The molecule has 128 valence electrons. The molecule has 0 atom stereocenters. The van der Waals surface area contributed by atoms with Gasteiger partial charge in [0.25, 0.3) is 16.0 Å². The van der Waals surface area contributed by atoms with Gasteiger partial charge in [-0.25, -0.2) is 0 Å². The fourth-order valence-corrected chi connectivity index (χ4v) is 2.60. The van der Waals surface area contributed by atoms with Crippen LogP contribution in [0.1, 0.15) is 15.9 Å². The summed E-state index contributed by atoms with van der Waals surface area (Å²) in [5.41, 5.74) is 2.53. The summed E-state index contributed by atoms with van der Waals surface area (Å²) in [6, 6.07) is 12.2. The highest BCUT2D eigenvalue weighted by molar-refractivity contribution is 7.85. The summed E-state index contributed by atoms with van der Waals surface area (Å²) in [4.78, 5) is 12.2. The molecule has 0 bridgehead atoms. The van der Waals surface area contributed by atoms with E-state index in [0.717, 1.165) is 11.3 Å². The quantitative estimate of drug-likeness (QED) is 0.681. The fourth-order valence-electron chi connectivity index (χ4n) is 2.07. The van der Waals surface area contributed by atoms with E-state index in [0.29, 0.717) is 16.3 Å². The van der Waals surface area contributed by atoms with Crippen molar-refractivity contribution in [3.63, 3.8) is 0 Å². The van der Waals surface area contributed by atoms with E-state index < -0.39 is 21.8 Å². The third-order valence-electron chi connectivity index (χ3n) is 3.35. The molecule has 24 heavy (non-hydrogen) atoms. The maximum Gasteiger partial charge on any atom is 0.266 e. The van der Waals surface area contributed by atoms with E-state index in [-0.39, 0.29) is 6.54 Å². The van der Waals surface area contributed by atoms with Crippen LogP contribution < -0.4 is 10.6 Å². The molecule has 0 radical (unpaired) electrons. The van der Waals surface area contributed by atoms with E-state index in [4.69, 9.17) is 16.2 Å². The number of hydrogen-bond acceptors (Lipinski definition) is 4. The maximum absolute atomic E-state index is 12.2. The molecule has 8 heteroatoms. The minimum atomic E-state index is -4.12. The van der Waals surface area contributed by atoms with E-state index in [1.165, 1.54) is 0 Å². The molecule has 0 saturated carbocycles. The standard InChI is InChI=1S/C16H17ClN2O4S/c1-11-13(17)6-4-8-14(11)19-15-7-3-2-5-12(15)16(20)18-9-10-24(21,22)23/h2-8,19H,9-10H2,1H3,(H,18,20)(H,21,22,23). The lowest BCUT2D eigenvalue weighted by molar-refractivity contribution is 0.0957. The molecule has 2 aromatic rings. The van der Waals surface area contributed by atoms with E-state index >= 15 is 0 Å². The lowest BCUT2D eigenvalue weighted by atomic mass is 10.1. The highest BCUT2D eigenvalue weighted by Crippen LogP contribution is 2.27. The molecule has 0 fully saturated rings. The molecule has 2 aromatic carbocycles. The van der Waals surface area contributed by atoms with Crippen LogP contribution in [0.5, 0.6) is 0 Å². The predicted molar refractivity (Wildman–Crippen MR) is 94.7 cm³/mol. The van der Waals surface area contributed by atoms with Gasteiger partial charge in [0.05, 0.1) is 17.0 Å². The van der Waals surface area contributed by atoms with Crippen molar-refractivity contribution < 1.29 is 17.8 Å². The molecule has 0 spiro atoms. The first-order chi connectivity index (χ1) is 11.3. The highest BCUT2D eigenvalue weighted by Gasteiger charge is 2.13. The van der Waals surface area contributed by atoms with Gasteiger partial charge < -0.3 is 10.6 Å². The number of para-hydroxylation sites is 1. The summed E-state index contributed by atoms with van der Waals surface area (Å²) in [5, 5.41) is 6.23. The normalized spacial score (nSPS) is 11.1. The Kier molecular flexibility index (Phi) is 5.82. The van der Waals surface area contributed by atoms with Crippen molar-refractivity contribution in [2.45, 2.75) is 6.92 Å². The van der Waals surface area contributed by atoms with Crippen LogP contribution >= 0.6 is 11.6 Å². The Balaban J connectivity index is 2.18. The molecule has 0 heterocycles. The molecule has 0 aliphatic heterocycles. The van der Waals surface area contributed by atoms with Crippen molar-refractivity contribution in [1.29, 1.82) is 0 Å². The number of nitrogens with one attached hydrogen (secondary N) is 2. The molecule has 3 N–H and O–H groups in total. The maximum atomic E-state index is 12.2. The molecular weight excluding hydrogens is 352 g/mol. The number of anilines is 2. The second-order valence-electron chi connectivity index (χ2n) is 5.12. The largest absolute Gasteiger partial charge is 0.355 e. The predicted octanol–water partition coefficient (Wildman–Crippen LogP) is 3.01. The van der Waals surface area contributed by atoms with Crippen LogP contribution in [0, 0.1) is 6.92 Å². The van der Waals surface area contributed by atoms with Crippen molar-refractivity contribution in [3.8, 4) is 0 Å². The van der Waals surface area contributed by atoms with Crippen LogP contribution in [0.25, 0.3) is 0 Å². The Morgan fingerprint density at radius 2 is 1.79 bits per heavy atom. The second-order valence-corrected chi connectivity index (χ2v) is 7.10. The minimum absolute atomic E-state index is 0.178. The zero-order chi connectivity index (χ0) is 17.7. The van der Waals surface area contributed by atoms with Gasteiger partial charge in [-0.3, -0.25) is 9.35 Å². The van der Waals surface area contributed by atoms with Gasteiger partial charge in [0.15, 0.2) is 0 Å². The smallest absolute Gasteiger partial charge is 0.266 e. The molecule has 0 aliphatic rings. The molecular formula is C16H17ClN2O4S. The zero-order valence-corrected chi connectivity index (χ0v) is 14.5. The average molecular weight is 369 g/mol. The van der Waals surface area contributed by atoms with Gasteiger partial charge in [-0.2, -0.15) is 8.42 Å². The lowest BCUT2D eigenvalue weighted by Gasteiger charge is -2.14. The Bertz CT molecular complexity index is 853. The number of hydrogen-bond donors (Lipinski definition) is 3. The molecule has 0 saturated heterocycles. The summed E-state index contributed by atoms with van der Waals surface area (Å²) in [6.45, 7) is 1.68. The summed E-state index contributed by atoms with van der Waals surface area (Å²) in [6.07, 6.45) is 0. The Morgan fingerprint density at radius 1 is 1.12 bits per heavy atom. The first-order valence-electron chi connectivity index (χ1n) is 7.12. The van der Waals surface area contributed by atoms with Gasteiger partial charge >= 0.3 is 0 Å².